The molecule has 0 fully saturated rings. The third-order valence-corrected chi connectivity index (χ3v) is 5.79. The van der Waals surface area contributed by atoms with Crippen LogP contribution >= 0.6 is 12.2 Å². The van der Waals surface area contributed by atoms with Crippen molar-refractivity contribution < 1.29 is 9.53 Å². The fourth-order valence-electron chi connectivity index (χ4n) is 3.46. The first-order valence-electron chi connectivity index (χ1n) is 10.9. The number of benzene rings is 2. The van der Waals surface area contributed by atoms with Crippen LogP contribution in [0.1, 0.15) is 31.4 Å². The van der Waals surface area contributed by atoms with Crippen molar-refractivity contribution in [3.8, 4) is 17.1 Å². The van der Waals surface area contributed by atoms with Gasteiger partial charge in [0.2, 0.25) is 5.91 Å². The molecule has 1 amide bonds. The molecule has 2 aromatic carbocycles. The van der Waals surface area contributed by atoms with E-state index in [9.17, 15) is 4.79 Å². The molecule has 0 aliphatic heterocycles. The first kappa shape index (κ1) is 23.7. The summed E-state index contributed by atoms with van der Waals surface area (Å²) in [5.41, 5.74) is 3.27. The van der Waals surface area contributed by atoms with Crippen LogP contribution in [0.25, 0.3) is 11.4 Å². The van der Waals surface area contributed by atoms with Crippen molar-refractivity contribution in [3.05, 3.63) is 64.4 Å². The molecule has 8 heteroatoms. The smallest absolute Gasteiger partial charge is 0.222 e. The van der Waals surface area contributed by atoms with Gasteiger partial charge in [-0.25, -0.2) is 0 Å². The van der Waals surface area contributed by atoms with E-state index in [1.54, 1.807) is 7.11 Å². The maximum Gasteiger partial charge on any atom is 0.222 e. The SMILES string of the molecule is CCN(CC)Cc1ccc(CNC(=O)CCn2c(-c3ccc(OC)cc3)n[nH]c2=S)cc1. The van der Waals surface area contributed by atoms with Gasteiger partial charge in [0.05, 0.1) is 7.11 Å². The number of carbonyl (C=O) groups excluding carboxylic acids is 1. The van der Waals surface area contributed by atoms with E-state index in [4.69, 9.17) is 17.0 Å². The van der Waals surface area contributed by atoms with Gasteiger partial charge in [0.25, 0.3) is 0 Å². The first-order valence-corrected chi connectivity index (χ1v) is 11.3. The van der Waals surface area contributed by atoms with E-state index in [0.29, 0.717) is 30.1 Å². The number of methoxy groups -OCH3 is 1. The van der Waals surface area contributed by atoms with Crippen LogP contribution in [0.4, 0.5) is 0 Å². The number of ether oxygens (including phenoxy) is 1. The quantitative estimate of drug-likeness (QED) is 0.426. The Labute approximate surface area is 194 Å². The second kappa shape index (κ2) is 11.6. The minimum absolute atomic E-state index is 0.0269. The number of amides is 1. The van der Waals surface area contributed by atoms with E-state index in [1.165, 1.54) is 5.56 Å². The van der Waals surface area contributed by atoms with E-state index in [0.717, 1.165) is 36.5 Å². The number of hydrogen-bond donors (Lipinski definition) is 2. The minimum Gasteiger partial charge on any atom is -0.497 e. The Morgan fingerprint density at radius 1 is 1.09 bits per heavy atom. The summed E-state index contributed by atoms with van der Waals surface area (Å²) in [5, 5.41) is 10.1. The fraction of sp³-hybridized carbons (Fsp3) is 0.375. The van der Waals surface area contributed by atoms with Gasteiger partial charge in [0.15, 0.2) is 10.6 Å². The van der Waals surface area contributed by atoms with Crippen LogP contribution in [0.2, 0.25) is 0 Å². The highest BCUT2D eigenvalue weighted by atomic mass is 32.1. The molecule has 3 rings (SSSR count). The molecule has 7 nitrogen and oxygen atoms in total. The van der Waals surface area contributed by atoms with Gasteiger partial charge in [-0.1, -0.05) is 38.1 Å². The van der Waals surface area contributed by atoms with Crippen molar-refractivity contribution in [1.82, 2.24) is 25.0 Å². The van der Waals surface area contributed by atoms with Crippen LogP contribution in [0.3, 0.4) is 0 Å². The van der Waals surface area contributed by atoms with E-state index in [-0.39, 0.29) is 5.91 Å². The number of H-pyrrole nitrogens is 1. The molecule has 0 aliphatic carbocycles. The summed E-state index contributed by atoms with van der Waals surface area (Å²) in [4.78, 5) is 14.8. The van der Waals surface area contributed by atoms with Crippen molar-refractivity contribution >= 4 is 18.1 Å². The van der Waals surface area contributed by atoms with Crippen LogP contribution in [-0.2, 0) is 24.4 Å². The predicted octanol–water partition coefficient (Wildman–Crippen LogP) is 4.16. The second-order valence-electron chi connectivity index (χ2n) is 7.54. The molecule has 2 N–H and O–H groups in total. The Hall–Kier alpha value is -2.97. The maximum absolute atomic E-state index is 12.4. The summed E-state index contributed by atoms with van der Waals surface area (Å²) in [7, 11) is 1.63. The third kappa shape index (κ3) is 6.27. The van der Waals surface area contributed by atoms with Crippen LogP contribution in [0, 0.1) is 4.77 Å². The molecule has 0 bridgehead atoms. The topological polar surface area (TPSA) is 75.2 Å². The van der Waals surface area contributed by atoms with Gasteiger partial charge in [0.1, 0.15) is 5.75 Å². The Kier molecular flexibility index (Phi) is 8.58. The number of rotatable bonds is 11. The fourth-order valence-corrected chi connectivity index (χ4v) is 3.68. The van der Waals surface area contributed by atoms with Crippen molar-refractivity contribution in [2.45, 2.75) is 39.9 Å². The van der Waals surface area contributed by atoms with Gasteiger partial charge in [-0.3, -0.25) is 19.4 Å². The molecule has 0 aliphatic rings. The summed E-state index contributed by atoms with van der Waals surface area (Å²) in [6, 6.07) is 16.0. The number of nitrogens with one attached hydrogen (secondary N) is 2. The zero-order valence-electron chi connectivity index (χ0n) is 18.9. The molecule has 0 saturated carbocycles. The molecule has 0 radical (unpaired) electrons. The lowest BCUT2D eigenvalue weighted by atomic mass is 10.1. The molecule has 0 spiro atoms. The third-order valence-electron chi connectivity index (χ3n) is 5.48. The average molecular weight is 454 g/mol. The largest absolute Gasteiger partial charge is 0.497 e. The predicted molar refractivity (Wildman–Crippen MR) is 129 cm³/mol. The highest BCUT2D eigenvalue weighted by Gasteiger charge is 2.11. The van der Waals surface area contributed by atoms with E-state index >= 15 is 0 Å². The molecule has 1 aromatic heterocycles. The average Bonchev–Trinajstić information content (AvgIpc) is 3.20. The zero-order valence-corrected chi connectivity index (χ0v) is 19.7. The summed E-state index contributed by atoms with van der Waals surface area (Å²) >= 11 is 5.36. The lowest BCUT2D eigenvalue weighted by Crippen LogP contribution is -2.24. The molecule has 0 atom stereocenters. The van der Waals surface area contributed by atoms with Gasteiger partial charge >= 0.3 is 0 Å². The van der Waals surface area contributed by atoms with Gasteiger partial charge in [-0.2, -0.15) is 5.10 Å². The Bertz CT molecular complexity index is 1050. The minimum atomic E-state index is -0.0269. The van der Waals surface area contributed by atoms with E-state index < -0.39 is 0 Å². The van der Waals surface area contributed by atoms with Gasteiger partial charge in [-0.15, -0.1) is 0 Å². The molecule has 170 valence electrons. The normalized spacial score (nSPS) is 11.0. The Morgan fingerprint density at radius 3 is 2.38 bits per heavy atom. The number of aromatic amines is 1. The van der Waals surface area contributed by atoms with Crippen molar-refractivity contribution in [2.75, 3.05) is 20.2 Å². The second-order valence-corrected chi connectivity index (χ2v) is 7.92. The lowest BCUT2D eigenvalue weighted by molar-refractivity contribution is -0.121. The highest BCUT2D eigenvalue weighted by Crippen LogP contribution is 2.21. The van der Waals surface area contributed by atoms with Crippen LogP contribution in [-0.4, -0.2) is 45.8 Å². The molecule has 3 aromatic rings. The van der Waals surface area contributed by atoms with Gasteiger partial charge in [0, 0.05) is 31.6 Å². The van der Waals surface area contributed by atoms with Crippen LogP contribution in [0.5, 0.6) is 5.75 Å². The number of nitrogens with zero attached hydrogens (tertiary/aromatic N) is 3. The summed E-state index contributed by atoms with van der Waals surface area (Å²) in [6.45, 7) is 8.32. The Morgan fingerprint density at radius 2 is 1.75 bits per heavy atom. The van der Waals surface area contributed by atoms with Gasteiger partial charge < -0.3 is 10.1 Å². The molecule has 1 heterocycles. The number of aromatic nitrogens is 3. The number of carbonyl (C=O) groups is 1. The first-order chi connectivity index (χ1) is 15.5. The molecule has 0 saturated heterocycles. The highest BCUT2D eigenvalue weighted by molar-refractivity contribution is 7.71. The summed E-state index contributed by atoms with van der Waals surface area (Å²) < 4.78 is 7.54. The molecule has 0 unspecified atom stereocenters. The molecular formula is C24H31N5O2S. The molecule has 32 heavy (non-hydrogen) atoms. The monoisotopic (exact) mass is 453 g/mol. The van der Waals surface area contributed by atoms with E-state index in [2.05, 4.69) is 58.5 Å². The van der Waals surface area contributed by atoms with Crippen molar-refractivity contribution in [3.63, 3.8) is 0 Å². The maximum atomic E-state index is 12.4. The van der Waals surface area contributed by atoms with E-state index in [1.807, 2.05) is 28.8 Å². The molecular weight excluding hydrogens is 422 g/mol. The standard InChI is InChI=1S/C24H31N5O2S/c1-4-28(5-2)17-19-8-6-18(7-9-19)16-25-22(30)14-15-29-23(26-27-24(29)32)20-10-12-21(31-3)13-11-20/h6-13H,4-5,14-17H2,1-3H3,(H,25,30)(H,27,32). The zero-order chi connectivity index (χ0) is 22.9. The Balaban J connectivity index is 1.53. The van der Waals surface area contributed by atoms with Crippen LogP contribution in [0.15, 0.2) is 48.5 Å². The van der Waals surface area contributed by atoms with Gasteiger partial charge in [-0.05, 0) is 60.7 Å². The van der Waals surface area contributed by atoms with Crippen molar-refractivity contribution in [2.24, 2.45) is 0 Å². The van der Waals surface area contributed by atoms with Crippen LogP contribution < -0.4 is 10.1 Å². The lowest BCUT2D eigenvalue weighted by Gasteiger charge is -2.18. The summed E-state index contributed by atoms with van der Waals surface area (Å²) in [6.07, 6.45) is 0.317. The summed E-state index contributed by atoms with van der Waals surface area (Å²) in [5.74, 6) is 1.45. The number of hydrogen-bond acceptors (Lipinski definition) is 5. The van der Waals surface area contributed by atoms with Crippen molar-refractivity contribution in [1.29, 1.82) is 0 Å².